The van der Waals surface area contributed by atoms with Gasteiger partial charge in [0.2, 0.25) is 0 Å². The molecule has 1 aromatic heterocycles. The molecule has 1 atom stereocenters. The van der Waals surface area contributed by atoms with E-state index in [1.807, 2.05) is 7.05 Å². The molecule has 3 rings (SSSR count). The predicted octanol–water partition coefficient (Wildman–Crippen LogP) is 1.89. The van der Waals surface area contributed by atoms with Crippen molar-refractivity contribution in [2.24, 2.45) is 0 Å². The van der Waals surface area contributed by atoms with Gasteiger partial charge in [-0.25, -0.2) is 9.07 Å². The molecule has 0 N–H and O–H groups in total. The molecule has 0 radical (unpaired) electrons. The van der Waals surface area contributed by atoms with E-state index in [2.05, 4.69) is 15.2 Å². The maximum atomic E-state index is 13.1. The Morgan fingerprint density at radius 1 is 1.50 bits per heavy atom. The van der Waals surface area contributed by atoms with Crippen LogP contribution in [-0.4, -0.2) is 63.9 Å². The number of rotatable bonds is 4. The Morgan fingerprint density at radius 2 is 2.29 bits per heavy atom. The van der Waals surface area contributed by atoms with Crippen molar-refractivity contribution in [3.8, 4) is 0 Å². The molecular weight excluding hydrogens is 333 g/mol. The summed E-state index contributed by atoms with van der Waals surface area (Å²) in [5.41, 5.74) is 1.01. The first-order chi connectivity index (χ1) is 11.4. The number of benzene rings is 1. The lowest BCUT2D eigenvalue weighted by Gasteiger charge is -2.23. The molecule has 128 valence electrons. The van der Waals surface area contributed by atoms with Crippen LogP contribution in [0.25, 0.3) is 0 Å². The highest BCUT2D eigenvalue weighted by atomic mass is 35.5. The monoisotopic (exact) mass is 351 g/mol. The van der Waals surface area contributed by atoms with Crippen LogP contribution >= 0.6 is 11.6 Å². The number of carbonyl (C=O) groups is 1. The van der Waals surface area contributed by atoms with E-state index in [9.17, 15) is 9.18 Å². The summed E-state index contributed by atoms with van der Waals surface area (Å²) in [5.74, 6) is -0.534. The summed E-state index contributed by atoms with van der Waals surface area (Å²) in [6.45, 7) is 2.18. The fourth-order valence-electron chi connectivity index (χ4n) is 2.87. The number of halogens is 2. The van der Waals surface area contributed by atoms with Gasteiger partial charge in [0.25, 0.3) is 5.91 Å². The number of hydrogen-bond donors (Lipinski definition) is 0. The fraction of sp³-hybridized carbons (Fsp3) is 0.438. The third-order valence-electron chi connectivity index (χ3n) is 4.34. The number of carbonyl (C=O) groups excluding carboxylic acids is 1. The minimum absolute atomic E-state index is 0.147. The van der Waals surface area contributed by atoms with Gasteiger partial charge in [-0.2, -0.15) is 0 Å². The van der Waals surface area contributed by atoms with Gasteiger partial charge in [0.05, 0.1) is 12.7 Å². The van der Waals surface area contributed by atoms with E-state index in [0.717, 1.165) is 19.5 Å². The highest BCUT2D eigenvalue weighted by Crippen LogP contribution is 2.18. The van der Waals surface area contributed by atoms with Gasteiger partial charge in [-0.1, -0.05) is 22.9 Å². The first-order valence-corrected chi connectivity index (χ1v) is 8.11. The van der Waals surface area contributed by atoms with E-state index in [1.54, 1.807) is 24.2 Å². The molecule has 1 fully saturated rings. The van der Waals surface area contributed by atoms with Crippen molar-refractivity contribution in [1.82, 2.24) is 24.8 Å². The molecule has 0 saturated carbocycles. The Hall–Kier alpha value is -1.99. The molecule has 0 bridgehead atoms. The Bertz CT molecular complexity index is 750. The number of aromatic nitrogens is 3. The van der Waals surface area contributed by atoms with Crippen molar-refractivity contribution in [2.45, 2.75) is 19.0 Å². The van der Waals surface area contributed by atoms with Crippen LogP contribution < -0.4 is 0 Å². The average molecular weight is 352 g/mol. The van der Waals surface area contributed by atoms with E-state index in [1.165, 1.54) is 16.8 Å². The molecule has 1 amide bonds. The molecule has 8 heteroatoms. The molecule has 1 aliphatic rings. The van der Waals surface area contributed by atoms with E-state index in [0.29, 0.717) is 22.8 Å². The minimum atomic E-state index is -0.388. The number of likely N-dealkylation sites (tertiary alicyclic amines) is 1. The molecule has 24 heavy (non-hydrogen) atoms. The molecule has 1 saturated heterocycles. The number of nitrogens with zero attached hydrogens (tertiary/aromatic N) is 5. The third-order valence-corrected chi connectivity index (χ3v) is 4.69. The van der Waals surface area contributed by atoms with Crippen LogP contribution in [0.1, 0.15) is 22.5 Å². The molecule has 0 aliphatic carbocycles. The highest BCUT2D eigenvalue weighted by molar-refractivity contribution is 6.31. The lowest BCUT2D eigenvalue weighted by Crippen LogP contribution is -2.38. The first kappa shape index (κ1) is 16.9. The lowest BCUT2D eigenvalue weighted by atomic mass is 10.2. The maximum absolute atomic E-state index is 13.1. The van der Waals surface area contributed by atoms with Crippen molar-refractivity contribution in [3.63, 3.8) is 0 Å². The number of hydrogen-bond acceptors (Lipinski definition) is 4. The zero-order valence-corrected chi connectivity index (χ0v) is 14.4. The highest BCUT2D eigenvalue weighted by Gasteiger charge is 2.28. The van der Waals surface area contributed by atoms with Gasteiger partial charge < -0.3 is 9.80 Å². The van der Waals surface area contributed by atoms with Crippen LogP contribution in [0, 0.1) is 5.82 Å². The zero-order chi connectivity index (χ0) is 17.3. The summed E-state index contributed by atoms with van der Waals surface area (Å²) in [6, 6.07) is 4.39. The first-order valence-electron chi connectivity index (χ1n) is 7.74. The topological polar surface area (TPSA) is 54.3 Å². The van der Waals surface area contributed by atoms with Crippen LogP contribution in [0.3, 0.4) is 0 Å². The lowest BCUT2D eigenvalue weighted by molar-refractivity contribution is 0.0731. The Labute approximate surface area is 144 Å². The summed E-state index contributed by atoms with van der Waals surface area (Å²) in [5, 5.41) is 8.26. The molecule has 2 aromatic rings. The fourth-order valence-corrected chi connectivity index (χ4v) is 3.10. The minimum Gasteiger partial charge on any atom is -0.336 e. The number of amides is 1. The van der Waals surface area contributed by atoms with E-state index in [-0.39, 0.29) is 17.8 Å². The molecular formula is C16H19ClFN5O. The molecule has 6 nitrogen and oxygen atoms in total. The molecule has 1 unspecified atom stereocenters. The van der Waals surface area contributed by atoms with Crippen LogP contribution in [-0.2, 0) is 6.54 Å². The normalized spacial score (nSPS) is 18.1. The second-order valence-electron chi connectivity index (χ2n) is 6.16. The molecule has 1 aliphatic heterocycles. The van der Waals surface area contributed by atoms with Gasteiger partial charge in [0.1, 0.15) is 5.82 Å². The summed E-state index contributed by atoms with van der Waals surface area (Å²) >= 11 is 6.02. The average Bonchev–Trinajstić information content (AvgIpc) is 3.18. The summed E-state index contributed by atoms with van der Waals surface area (Å²) in [4.78, 5) is 16.5. The molecule has 0 spiro atoms. The van der Waals surface area contributed by atoms with Crippen molar-refractivity contribution < 1.29 is 9.18 Å². The maximum Gasteiger partial charge on any atom is 0.276 e. The number of likely N-dealkylation sites (N-methyl/N-ethyl adjacent to an activating group) is 2. The summed E-state index contributed by atoms with van der Waals surface area (Å²) in [6.07, 6.45) is 2.55. The van der Waals surface area contributed by atoms with Gasteiger partial charge >= 0.3 is 0 Å². The van der Waals surface area contributed by atoms with E-state index >= 15 is 0 Å². The van der Waals surface area contributed by atoms with Crippen LogP contribution in [0.5, 0.6) is 0 Å². The van der Waals surface area contributed by atoms with Gasteiger partial charge in [-0.05, 0) is 37.7 Å². The van der Waals surface area contributed by atoms with Crippen molar-refractivity contribution in [3.05, 3.63) is 46.5 Å². The Morgan fingerprint density at radius 3 is 2.96 bits per heavy atom. The van der Waals surface area contributed by atoms with Crippen LogP contribution in [0.2, 0.25) is 5.02 Å². The molecule has 1 aromatic carbocycles. The summed E-state index contributed by atoms with van der Waals surface area (Å²) < 4.78 is 14.6. The van der Waals surface area contributed by atoms with E-state index in [4.69, 9.17) is 11.6 Å². The predicted molar refractivity (Wildman–Crippen MR) is 88.5 cm³/mol. The Kier molecular flexibility index (Phi) is 4.82. The molecule has 2 heterocycles. The third kappa shape index (κ3) is 3.57. The quantitative estimate of drug-likeness (QED) is 0.844. The SMILES string of the molecule is CN1CCC(N(C)C(=O)c2cn(Cc3ccc(F)cc3Cl)nn2)C1. The van der Waals surface area contributed by atoms with Gasteiger partial charge in [0.15, 0.2) is 5.69 Å². The van der Waals surface area contributed by atoms with E-state index < -0.39 is 0 Å². The second-order valence-corrected chi connectivity index (χ2v) is 6.57. The van der Waals surface area contributed by atoms with Crippen LogP contribution in [0.15, 0.2) is 24.4 Å². The largest absolute Gasteiger partial charge is 0.336 e. The zero-order valence-electron chi connectivity index (χ0n) is 13.6. The standard InChI is InChI=1S/C16H19ClFN5O/c1-21-6-5-13(9-21)22(2)16(24)15-10-23(20-19-15)8-11-3-4-12(18)7-14(11)17/h3-4,7,10,13H,5-6,8-9H2,1-2H3. The van der Waals surface area contributed by atoms with Crippen LogP contribution in [0.4, 0.5) is 4.39 Å². The van der Waals surface area contributed by atoms with Crippen molar-refractivity contribution in [2.75, 3.05) is 27.2 Å². The summed E-state index contributed by atoms with van der Waals surface area (Å²) in [7, 11) is 3.84. The van der Waals surface area contributed by atoms with Gasteiger partial charge in [-0.15, -0.1) is 5.10 Å². The van der Waals surface area contributed by atoms with Crippen molar-refractivity contribution >= 4 is 17.5 Å². The second kappa shape index (κ2) is 6.86. The Balaban J connectivity index is 1.69. The van der Waals surface area contributed by atoms with Gasteiger partial charge in [-0.3, -0.25) is 4.79 Å². The van der Waals surface area contributed by atoms with Crippen molar-refractivity contribution in [1.29, 1.82) is 0 Å². The van der Waals surface area contributed by atoms with Gasteiger partial charge in [0, 0.05) is 24.7 Å². The smallest absolute Gasteiger partial charge is 0.276 e.